The van der Waals surface area contributed by atoms with Gasteiger partial charge in [-0.3, -0.25) is 5.32 Å². The molecule has 0 bridgehead atoms. The van der Waals surface area contributed by atoms with Crippen LogP contribution >= 0.6 is 0 Å². The van der Waals surface area contributed by atoms with Crippen LogP contribution in [0.25, 0.3) is 0 Å². The molecule has 1 aliphatic heterocycles. The van der Waals surface area contributed by atoms with E-state index in [4.69, 9.17) is 15.0 Å². The second-order valence-corrected chi connectivity index (χ2v) is 2.06. The SMILES string of the molecule is O=C(O)C(F)(F)F.OC1CCN1. The van der Waals surface area contributed by atoms with Gasteiger partial charge in [0.25, 0.3) is 0 Å². The van der Waals surface area contributed by atoms with E-state index in [0.29, 0.717) is 0 Å². The number of aliphatic hydroxyl groups excluding tert-OH is 1. The maximum absolute atomic E-state index is 10.6. The zero-order valence-corrected chi connectivity index (χ0v) is 5.93. The first kappa shape index (κ1) is 11.2. The number of alkyl halides is 3. The predicted molar refractivity (Wildman–Crippen MR) is 32.3 cm³/mol. The molecule has 0 aromatic carbocycles. The van der Waals surface area contributed by atoms with E-state index in [9.17, 15) is 13.2 Å². The summed E-state index contributed by atoms with van der Waals surface area (Å²) in [5.41, 5.74) is 0. The standard InChI is InChI=1S/C3H7NO.C2HF3O2/c5-3-1-2-4-3;3-2(4,5)1(6)7/h3-5H,1-2H2;(H,6,7). The Kier molecular flexibility index (Phi) is 3.98. The van der Waals surface area contributed by atoms with Crippen molar-refractivity contribution in [2.24, 2.45) is 0 Å². The summed E-state index contributed by atoms with van der Waals surface area (Å²) >= 11 is 0. The summed E-state index contributed by atoms with van der Waals surface area (Å²) in [6, 6.07) is 0. The first-order valence-electron chi connectivity index (χ1n) is 3.05. The fourth-order valence-corrected chi connectivity index (χ4v) is 0.273. The number of rotatable bonds is 0. The highest BCUT2D eigenvalue weighted by Crippen LogP contribution is 2.13. The van der Waals surface area contributed by atoms with Crippen LogP contribution in [0.15, 0.2) is 0 Å². The Bertz CT molecular complexity index is 155. The molecule has 1 unspecified atom stereocenters. The second-order valence-electron chi connectivity index (χ2n) is 2.06. The normalized spacial score (nSPS) is 21.8. The van der Waals surface area contributed by atoms with Crippen molar-refractivity contribution in [3.8, 4) is 0 Å². The largest absolute Gasteiger partial charge is 0.490 e. The molecular weight excluding hydrogens is 179 g/mol. The number of halogens is 3. The zero-order valence-electron chi connectivity index (χ0n) is 5.93. The van der Waals surface area contributed by atoms with Crippen LogP contribution in [0.3, 0.4) is 0 Å². The van der Waals surface area contributed by atoms with Crippen molar-refractivity contribution in [2.75, 3.05) is 6.54 Å². The maximum atomic E-state index is 10.6. The summed E-state index contributed by atoms with van der Waals surface area (Å²) in [6.45, 7) is 0.987. The van der Waals surface area contributed by atoms with Crippen LogP contribution in [-0.2, 0) is 4.79 Å². The fourth-order valence-electron chi connectivity index (χ4n) is 0.273. The van der Waals surface area contributed by atoms with Crippen LogP contribution in [0.4, 0.5) is 13.2 Å². The van der Waals surface area contributed by atoms with E-state index in [2.05, 4.69) is 5.32 Å². The van der Waals surface area contributed by atoms with Crippen LogP contribution in [0, 0.1) is 0 Å². The smallest absolute Gasteiger partial charge is 0.475 e. The number of nitrogens with one attached hydrogen (secondary N) is 1. The Balaban J connectivity index is 0.000000211. The van der Waals surface area contributed by atoms with Gasteiger partial charge in [-0.05, 0) is 6.42 Å². The molecule has 12 heavy (non-hydrogen) atoms. The summed E-state index contributed by atoms with van der Waals surface area (Å²) < 4.78 is 31.7. The highest BCUT2D eigenvalue weighted by Gasteiger charge is 2.38. The molecule has 4 nitrogen and oxygen atoms in total. The molecule has 7 heteroatoms. The number of aliphatic hydroxyl groups is 1. The predicted octanol–water partition coefficient (Wildman–Crippen LogP) is -0.0686. The van der Waals surface area contributed by atoms with Crippen molar-refractivity contribution in [1.82, 2.24) is 5.32 Å². The Morgan fingerprint density at radius 1 is 1.50 bits per heavy atom. The molecule has 0 amide bonds. The number of hydrogen-bond acceptors (Lipinski definition) is 3. The third-order valence-corrected chi connectivity index (χ3v) is 1.04. The minimum absolute atomic E-state index is 0.185. The van der Waals surface area contributed by atoms with Crippen molar-refractivity contribution >= 4 is 5.97 Å². The fraction of sp³-hybridized carbons (Fsp3) is 0.800. The lowest BCUT2D eigenvalue weighted by molar-refractivity contribution is -0.192. The van der Waals surface area contributed by atoms with Gasteiger partial charge in [-0.1, -0.05) is 0 Å². The van der Waals surface area contributed by atoms with Crippen LogP contribution < -0.4 is 5.32 Å². The second kappa shape index (κ2) is 4.27. The lowest BCUT2D eigenvalue weighted by Crippen LogP contribution is -2.42. The van der Waals surface area contributed by atoms with Gasteiger partial charge >= 0.3 is 12.1 Å². The van der Waals surface area contributed by atoms with Gasteiger partial charge < -0.3 is 10.2 Å². The molecule has 3 N–H and O–H groups in total. The third-order valence-electron chi connectivity index (χ3n) is 1.04. The summed E-state index contributed by atoms with van der Waals surface area (Å²) in [5.74, 6) is -2.76. The van der Waals surface area contributed by atoms with Crippen LogP contribution in [0.5, 0.6) is 0 Å². The number of carbonyl (C=O) groups is 1. The van der Waals surface area contributed by atoms with E-state index in [1.54, 1.807) is 0 Å². The molecule has 1 saturated heterocycles. The highest BCUT2D eigenvalue weighted by atomic mass is 19.4. The average molecular weight is 187 g/mol. The van der Waals surface area contributed by atoms with Crippen molar-refractivity contribution in [3.05, 3.63) is 0 Å². The van der Waals surface area contributed by atoms with Gasteiger partial charge in [0.1, 0.15) is 6.23 Å². The number of carboxylic acid groups (broad SMARTS) is 1. The minimum Gasteiger partial charge on any atom is -0.475 e. The van der Waals surface area contributed by atoms with Gasteiger partial charge in [-0.2, -0.15) is 13.2 Å². The third kappa shape index (κ3) is 4.91. The molecule has 0 radical (unpaired) electrons. The molecule has 1 heterocycles. The zero-order chi connectivity index (χ0) is 9.78. The molecule has 0 aromatic heterocycles. The van der Waals surface area contributed by atoms with E-state index in [-0.39, 0.29) is 6.23 Å². The molecule has 72 valence electrons. The minimum atomic E-state index is -5.08. The Hall–Kier alpha value is -0.820. The van der Waals surface area contributed by atoms with Gasteiger partial charge in [0.15, 0.2) is 0 Å². The number of hydrogen-bond donors (Lipinski definition) is 3. The molecule has 0 saturated carbocycles. The molecule has 1 rings (SSSR count). The molecule has 1 fully saturated rings. The van der Waals surface area contributed by atoms with Crippen LogP contribution in [0.1, 0.15) is 6.42 Å². The molecular formula is C5H8F3NO3. The molecule has 1 atom stereocenters. The van der Waals surface area contributed by atoms with Gasteiger partial charge in [-0.15, -0.1) is 0 Å². The lowest BCUT2D eigenvalue weighted by Gasteiger charge is -2.20. The number of aliphatic carboxylic acids is 1. The number of carboxylic acids is 1. The Morgan fingerprint density at radius 3 is 1.75 bits per heavy atom. The van der Waals surface area contributed by atoms with Crippen molar-refractivity contribution in [3.63, 3.8) is 0 Å². The van der Waals surface area contributed by atoms with Crippen molar-refractivity contribution < 1.29 is 28.2 Å². The van der Waals surface area contributed by atoms with E-state index >= 15 is 0 Å². The first-order valence-corrected chi connectivity index (χ1v) is 3.05. The molecule has 1 aliphatic rings. The van der Waals surface area contributed by atoms with Crippen molar-refractivity contribution in [1.29, 1.82) is 0 Å². The first-order chi connectivity index (χ1) is 5.34. The maximum Gasteiger partial charge on any atom is 0.490 e. The topological polar surface area (TPSA) is 69.6 Å². The van der Waals surface area contributed by atoms with E-state index in [1.807, 2.05) is 0 Å². The Morgan fingerprint density at radius 2 is 1.75 bits per heavy atom. The monoisotopic (exact) mass is 187 g/mol. The van der Waals surface area contributed by atoms with Crippen molar-refractivity contribution in [2.45, 2.75) is 18.8 Å². The van der Waals surface area contributed by atoms with Gasteiger partial charge in [0.2, 0.25) is 0 Å². The van der Waals surface area contributed by atoms with Gasteiger partial charge in [0.05, 0.1) is 0 Å². The van der Waals surface area contributed by atoms with Crippen LogP contribution in [-0.4, -0.2) is 35.1 Å². The summed E-state index contributed by atoms with van der Waals surface area (Å²) in [5, 5.41) is 18.2. The molecule has 0 aliphatic carbocycles. The Labute approximate surface area is 66.0 Å². The summed E-state index contributed by atoms with van der Waals surface area (Å²) in [4.78, 5) is 8.90. The highest BCUT2D eigenvalue weighted by molar-refractivity contribution is 5.73. The van der Waals surface area contributed by atoms with E-state index in [1.165, 1.54) is 0 Å². The molecule has 0 spiro atoms. The summed E-state index contributed by atoms with van der Waals surface area (Å²) in [7, 11) is 0. The van der Waals surface area contributed by atoms with Gasteiger partial charge in [-0.25, -0.2) is 4.79 Å². The molecule has 0 aromatic rings. The van der Waals surface area contributed by atoms with E-state index < -0.39 is 12.1 Å². The van der Waals surface area contributed by atoms with Gasteiger partial charge in [0, 0.05) is 6.54 Å². The van der Waals surface area contributed by atoms with E-state index in [0.717, 1.165) is 13.0 Å². The average Bonchev–Trinajstić information content (AvgIpc) is 1.83. The quantitative estimate of drug-likeness (QED) is 0.496. The van der Waals surface area contributed by atoms with Crippen LogP contribution in [0.2, 0.25) is 0 Å². The summed E-state index contributed by atoms with van der Waals surface area (Å²) in [6.07, 6.45) is -4.34. The lowest BCUT2D eigenvalue weighted by atomic mass is 10.3.